The van der Waals surface area contributed by atoms with Crippen molar-refractivity contribution in [1.82, 2.24) is 19.7 Å². The molecule has 0 saturated carbocycles. The van der Waals surface area contributed by atoms with Crippen LogP contribution in [0.3, 0.4) is 0 Å². The summed E-state index contributed by atoms with van der Waals surface area (Å²) in [6.45, 7) is 6.09. The Morgan fingerprint density at radius 3 is 2.62 bits per heavy atom. The van der Waals surface area contributed by atoms with E-state index in [1.807, 2.05) is 17.8 Å². The molecule has 2 rings (SSSR count). The smallest absolute Gasteiger partial charge is 0.151 e. The van der Waals surface area contributed by atoms with Crippen LogP contribution in [0, 0.1) is 6.92 Å². The van der Waals surface area contributed by atoms with E-state index in [-0.39, 0.29) is 0 Å². The number of anilines is 2. The first-order chi connectivity index (χ1) is 7.66. The van der Waals surface area contributed by atoms with E-state index in [0.717, 1.165) is 17.2 Å². The predicted octanol–water partition coefficient (Wildman–Crippen LogP) is 2.31. The van der Waals surface area contributed by atoms with Crippen LogP contribution in [0.5, 0.6) is 0 Å². The summed E-state index contributed by atoms with van der Waals surface area (Å²) in [5.74, 6) is 0.769. The van der Waals surface area contributed by atoms with E-state index in [1.165, 1.54) is 0 Å². The summed E-state index contributed by atoms with van der Waals surface area (Å²) in [7, 11) is 0. The van der Waals surface area contributed by atoms with Crippen molar-refractivity contribution in [3.8, 4) is 0 Å². The number of hydrogen-bond donors (Lipinski definition) is 1. The van der Waals surface area contributed by atoms with Crippen molar-refractivity contribution in [3.63, 3.8) is 0 Å². The molecule has 84 valence electrons. The molecule has 0 aliphatic heterocycles. The van der Waals surface area contributed by atoms with E-state index in [2.05, 4.69) is 34.2 Å². The van der Waals surface area contributed by atoms with Crippen LogP contribution in [0.25, 0.3) is 0 Å². The Kier molecular flexibility index (Phi) is 2.85. The number of nitrogens with one attached hydrogen (secondary N) is 1. The van der Waals surface area contributed by atoms with Crippen molar-refractivity contribution in [1.29, 1.82) is 0 Å². The number of hydrogen-bond acceptors (Lipinski definition) is 4. The molecule has 5 heteroatoms. The average Bonchev–Trinajstić information content (AvgIpc) is 2.70. The molecule has 0 saturated heterocycles. The predicted molar refractivity (Wildman–Crippen MR) is 62.7 cm³/mol. The Morgan fingerprint density at radius 2 is 2.00 bits per heavy atom. The van der Waals surface area contributed by atoms with Gasteiger partial charge in [0.25, 0.3) is 0 Å². The average molecular weight is 217 g/mol. The van der Waals surface area contributed by atoms with Crippen LogP contribution in [0.1, 0.15) is 25.6 Å². The second-order valence-electron chi connectivity index (χ2n) is 3.92. The second-order valence-corrected chi connectivity index (χ2v) is 3.92. The molecule has 0 amide bonds. The summed E-state index contributed by atoms with van der Waals surface area (Å²) >= 11 is 0. The van der Waals surface area contributed by atoms with Gasteiger partial charge < -0.3 is 5.32 Å². The minimum Gasteiger partial charge on any atom is -0.336 e. The first-order valence-electron chi connectivity index (χ1n) is 5.25. The Hall–Kier alpha value is -1.91. The fraction of sp³-hybridized carbons (Fsp3) is 0.364. The second kappa shape index (κ2) is 4.30. The van der Waals surface area contributed by atoms with Crippen LogP contribution in [0.2, 0.25) is 0 Å². The van der Waals surface area contributed by atoms with Gasteiger partial charge in [0.2, 0.25) is 0 Å². The highest BCUT2D eigenvalue weighted by Crippen LogP contribution is 2.16. The van der Waals surface area contributed by atoms with Gasteiger partial charge in [-0.15, -0.1) is 0 Å². The van der Waals surface area contributed by atoms with E-state index >= 15 is 0 Å². The third-order valence-electron chi connectivity index (χ3n) is 2.27. The van der Waals surface area contributed by atoms with Crippen LogP contribution in [0.4, 0.5) is 11.5 Å². The molecule has 5 nitrogen and oxygen atoms in total. The van der Waals surface area contributed by atoms with E-state index in [9.17, 15) is 0 Å². The third-order valence-corrected chi connectivity index (χ3v) is 2.27. The number of rotatable bonds is 3. The Morgan fingerprint density at radius 1 is 1.25 bits per heavy atom. The first-order valence-corrected chi connectivity index (χ1v) is 5.25. The van der Waals surface area contributed by atoms with Crippen molar-refractivity contribution < 1.29 is 0 Å². The molecule has 2 aromatic rings. The largest absolute Gasteiger partial charge is 0.336 e. The maximum Gasteiger partial charge on any atom is 0.151 e. The topological polar surface area (TPSA) is 55.6 Å². The lowest BCUT2D eigenvalue weighted by Gasteiger charge is -2.05. The molecule has 0 spiro atoms. The molecule has 0 radical (unpaired) electrons. The number of aromatic nitrogens is 4. The fourth-order valence-corrected chi connectivity index (χ4v) is 1.35. The van der Waals surface area contributed by atoms with Gasteiger partial charge >= 0.3 is 0 Å². The van der Waals surface area contributed by atoms with Crippen molar-refractivity contribution in [2.45, 2.75) is 26.8 Å². The van der Waals surface area contributed by atoms with Gasteiger partial charge in [-0.3, -0.25) is 9.67 Å². The van der Waals surface area contributed by atoms with Crippen molar-refractivity contribution >= 4 is 11.5 Å². The van der Waals surface area contributed by atoms with Crippen molar-refractivity contribution in [2.75, 3.05) is 5.32 Å². The molecule has 0 fully saturated rings. The van der Waals surface area contributed by atoms with Crippen LogP contribution < -0.4 is 5.32 Å². The van der Waals surface area contributed by atoms with E-state index < -0.39 is 0 Å². The molecule has 0 bridgehead atoms. The highest BCUT2D eigenvalue weighted by Gasteiger charge is 2.04. The highest BCUT2D eigenvalue weighted by molar-refractivity contribution is 5.55. The fourth-order valence-electron chi connectivity index (χ4n) is 1.35. The van der Waals surface area contributed by atoms with Crippen molar-refractivity contribution in [2.24, 2.45) is 0 Å². The van der Waals surface area contributed by atoms with Gasteiger partial charge in [0, 0.05) is 24.6 Å². The highest BCUT2D eigenvalue weighted by atomic mass is 15.3. The molecule has 2 heterocycles. The molecular formula is C11H15N5. The Labute approximate surface area is 94.5 Å². The maximum absolute atomic E-state index is 4.25. The summed E-state index contributed by atoms with van der Waals surface area (Å²) in [6, 6.07) is 0.360. The molecule has 0 aromatic carbocycles. The lowest BCUT2D eigenvalue weighted by molar-refractivity contribution is 0.532. The quantitative estimate of drug-likeness (QED) is 0.857. The Balaban J connectivity index is 2.18. The van der Waals surface area contributed by atoms with E-state index in [4.69, 9.17) is 0 Å². The van der Waals surface area contributed by atoms with Crippen LogP contribution in [0.15, 0.2) is 24.8 Å². The monoisotopic (exact) mass is 217 g/mol. The van der Waals surface area contributed by atoms with Gasteiger partial charge in [0.05, 0.1) is 17.6 Å². The molecule has 0 unspecified atom stereocenters. The van der Waals surface area contributed by atoms with Crippen LogP contribution in [-0.4, -0.2) is 19.7 Å². The normalized spacial score (nSPS) is 10.8. The van der Waals surface area contributed by atoms with Gasteiger partial charge in [0.1, 0.15) is 0 Å². The molecule has 0 aliphatic carbocycles. The van der Waals surface area contributed by atoms with Gasteiger partial charge in [-0.1, -0.05) is 0 Å². The van der Waals surface area contributed by atoms with Gasteiger partial charge in [-0.05, 0) is 20.8 Å². The third kappa shape index (κ3) is 2.18. The SMILES string of the molecule is Cc1nccnc1Nc1cnn(C(C)C)c1. The minimum absolute atomic E-state index is 0.360. The molecule has 2 aromatic heterocycles. The summed E-state index contributed by atoms with van der Waals surface area (Å²) in [5.41, 5.74) is 1.80. The van der Waals surface area contributed by atoms with Gasteiger partial charge in [-0.2, -0.15) is 5.10 Å². The molecule has 0 atom stereocenters. The van der Waals surface area contributed by atoms with E-state index in [0.29, 0.717) is 6.04 Å². The molecule has 1 N–H and O–H groups in total. The van der Waals surface area contributed by atoms with Crippen LogP contribution >= 0.6 is 0 Å². The van der Waals surface area contributed by atoms with Gasteiger partial charge in [-0.25, -0.2) is 4.98 Å². The summed E-state index contributed by atoms with van der Waals surface area (Å²) in [4.78, 5) is 8.38. The minimum atomic E-state index is 0.360. The lowest BCUT2D eigenvalue weighted by Crippen LogP contribution is -2.00. The zero-order valence-electron chi connectivity index (χ0n) is 9.68. The first kappa shape index (κ1) is 10.6. The molecule has 0 aliphatic rings. The summed E-state index contributed by atoms with van der Waals surface area (Å²) < 4.78 is 1.90. The Bertz CT molecular complexity index is 475. The zero-order chi connectivity index (χ0) is 11.5. The standard InChI is InChI=1S/C11H15N5/c1-8(2)16-7-10(6-14-16)15-11-9(3)12-4-5-13-11/h4-8H,1-3H3,(H,13,15). The van der Waals surface area contributed by atoms with Crippen molar-refractivity contribution in [3.05, 3.63) is 30.5 Å². The van der Waals surface area contributed by atoms with E-state index in [1.54, 1.807) is 18.6 Å². The zero-order valence-corrected chi connectivity index (χ0v) is 9.68. The molecular weight excluding hydrogens is 202 g/mol. The lowest BCUT2D eigenvalue weighted by atomic mass is 10.4. The van der Waals surface area contributed by atoms with Gasteiger partial charge in [0.15, 0.2) is 5.82 Å². The summed E-state index contributed by atoms with van der Waals surface area (Å²) in [6.07, 6.45) is 7.09. The maximum atomic E-state index is 4.25. The van der Waals surface area contributed by atoms with Crippen LogP contribution in [-0.2, 0) is 0 Å². The summed E-state index contributed by atoms with van der Waals surface area (Å²) in [5, 5.41) is 7.44. The number of nitrogens with zero attached hydrogens (tertiary/aromatic N) is 4. The molecule has 16 heavy (non-hydrogen) atoms. The number of aryl methyl sites for hydroxylation is 1.